The Morgan fingerprint density at radius 3 is 2.71 bits per heavy atom. The minimum absolute atomic E-state index is 0.458. The van der Waals surface area contributed by atoms with Crippen molar-refractivity contribution >= 4 is 23.4 Å². The number of rotatable bonds is 2. The van der Waals surface area contributed by atoms with E-state index in [0.29, 0.717) is 10.4 Å². The summed E-state index contributed by atoms with van der Waals surface area (Å²) in [7, 11) is 0. The Bertz CT molecular complexity index is 285. The number of halogens is 1. The van der Waals surface area contributed by atoms with Gasteiger partial charge in [-0.05, 0) is 38.1 Å². The summed E-state index contributed by atoms with van der Waals surface area (Å²) in [5.41, 5.74) is 0. The number of nitrogens with zero attached hydrogens (tertiary/aromatic N) is 2. The highest BCUT2D eigenvalue weighted by molar-refractivity contribution is 7.99. The second-order valence-corrected chi connectivity index (χ2v) is 4.97. The first-order valence-corrected chi connectivity index (χ1v) is 5.97. The zero-order chi connectivity index (χ0) is 9.80. The van der Waals surface area contributed by atoms with Crippen LogP contribution in [-0.4, -0.2) is 28.5 Å². The topological polar surface area (TPSA) is 37.8 Å². The molecule has 0 saturated carbocycles. The van der Waals surface area contributed by atoms with Gasteiger partial charge in [0.25, 0.3) is 0 Å². The predicted octanol–water partition coefficient (Wildman–Crippen LogP) is 1.97. The smallest absolute Gasteiger partial charge is 0.151 e. The van der Waals surface area contributed by atoms with Gasteiger partial charge < -0.3 is 5.32 Å². The van der Waals surface area contributed by atoms with E-state index in [1.807, 2.05) is 6.07 Å². The van der Waals surface area contributed by atoms with Crippen LogP contribution in [-0.2, 0) is 0 Å². The fraction of sp³-hybridized carbons (Fsp3) is 0.556. The van der Waals surface area contributed by atoms with Crippen molar-refractivity contribution in [2.45, 2.75) is 23.1 Å². The molecule has 14 heavy (non-hydrogen) atoms. The average Bonchev–Trinajstić information content (AvgIpc) is 2.23. The van der Waals surface area contributed by atoms with Crippen LogP contribution in [0.25, 0.3) is 0 Å². The van der Waals surface area contributed by atoms with Gasteiger partial charge in [0.05, 0.1) is 0 Å². The maximum atomic E-state index is 5.66. The molecule has 0 bridgehead atoms. The molecule has 0 unspecified atom stereocenters. The molecule has 2 heterocycles. The first-order chi connectivity index (χ1) is 6.84. The lowest BCUT2D eigenvalue weighted by Crippen LogP contribution is -2.29. The minimum atomic E-state index is 0.458. The molecule has 1 aromatic rings. The van der Waals surface area contributed by atoms with Crippen molar-refractivity contribution in [2.24, 2.45) is 0 Å². The van der Waals surface area contributed by atoms with E-state index in [9.17, 15) is 0 Å². The molecule has 1 aromatic heterocycles. The van der Waals surface area contributed by atoms with Crippen LogP contribution < -0.4 is 5.32 Å². The van der Waals surface area contributed by atoms with Gasteiger partial charge >= 0.3 is 0 Å². The van der Waals surface area contributed by atoms with Gasteiger partial charge in [-0.2, -0.15) is 0 Å². The van der Waals surface area contributed by atoms with Gasteiger partial charge in [-0.25, -0.2) is 0 Å². The number of piperidine rings is 1. The van der Waals surface area contributed by atoms with Gasteiger partial charge in [0.2, 0.25) is 0 Å². The van der Waals surface area contributed by atoms with Crippen molar-refractivity contribution in [3.05, 3.63) is 17.3 Å². The van der Waals surface area contributed by atoms with Crippen LogP contribution in [0.2, 0.25) is 5.15 Å². The van der Waals surface area contributed by atoms with Crippen LogP contribution >= 0.6 is 23.4 Å². The minimum Gasteiger partial charge on any atom is -0.317 e. The Balaban J connectivity index is 1.92. The third-order valence-corrected chi connectivity index (χ3v) is 3.65. The standard InChI is InChI=1S/C9H12ClN3S/c10-8-1-2-9(13-12-8)14-7-3-5-11-6-4-7/h1-2,7,11H,3-6H2. The van der Waals surface area contributed by atoms with Gasteiger partial charge in [0.1, 0.15) is 5.03 Å². The zero-order valence-electron chi connectivity index (χ0n) is 7.74. The van der Waals surface area contributed by atoms with Gasteiger partial charge in [-0.15, -0.1) is 22.0 Å². The summed E-state index contributed by atoms with van der Waals surface area (Å²) in [6.07, 6.45) is 2.41. The van der Waals surface area contributed by atoms with E-state index < -0.39 is 0 Å². The number of thioether (sulfide) groups is 1. The van der Waals surface area contributed by atoms with E-state index in [1.165, 1.54) is 12.8 Å². The van der Waals surface area contributed by atoms with Crippen LogP contribution in [0.4, 0.5) is 0 Å². The Morgan fingerprint density at radius 2 is 2.07 bits per heavy atom. The molecule has 0 atom stereocenters. The average molecular weight is 230 g/mol. The van der Waals surface area contributed by atoms with E-state index in [4.69, 9.17) is 11.6 Å². The third kappa shape index (κ3) is 2.83. The maximum Gasteiger partial charge on any atom is 0.151 e. The highest BCUT2D eigenvalue weighted by Gasteiger charge is 2.14. The van der Waals surface area contributed by atoms with Crippen LogP contribution in [0.1, 0.15) is 12.8 Å². The van der Waals surface area contributed by atoms with Crippen molar-refractivity contribution in [1.29, 1.82) is 0 Å². The lowest BCUT2D eigenvalue weighted by molar-refractivity contribution is 0.531. The lowest BCUT2D eigenvalue weighted by atomic mass is 10.2. The van der Waals surface area contributed by atoms with Crippen molar-refractivity contribution in [1.82, 2.24) is 15.5 Å². The molecule has 1 N–H and O–H groups in total. The van der Waals surface area contributed by atoms with Gasteiger partial charge in [0, 0.05) is 5.25 Å². The Kier molecular flexibility index (Phi) is 3.61. The molecule has 0 spiro atoms. The van der Waals surface area contributed by atoms with Crippen molar-refractivity contribution in [3.8, 4) is 0 Å². The number of nitrogens with one attached hydrogen (secondary N) is 1. The molecular weight excluding hydrogens is 218 g/mol. The third-order valence-electron chi connectivity index (χ3n) is 2.18. The van der Waals surface area contributed by atoms with Crippen molar-refractivity contribution in [2.75, 3.05) is 13.1 Å². The molecule has 0 aromatic carbocycles. The fourth-order valence-corrected chi connectivity index (χ4v) is 2.60. The Labute approximate surface area is 92.6 Å². The lowest BCUT2D eigenvalue weighted by Gasteiger charge is -2.21. The first-order valence-electron chi connectivity index (χ1n) is 4.71. The van der Waals surface area contributed by atoms with E-state index in [1.54, 1.807) is 17.8 Å². The number of hydrogen-bond acceptors (Lipinski definition) is 4. The molecule has 0 amide bonds. The molecular formula is C9H12ClN3S. The quantitative estimate of drug-likeness (QED) is 0.842. The van der Waals surface area contributed by atoms with E-state index in [-0.39, 0.29) is 0 Å². The molecule has 1 aliphatic heterocycles. The van der Waals surface area contributed by atoms with Gasteiger partial charge in [-0.3, -0.25) is 0 Å². The summed E-state index contributed by atoms with van der Waals surface area (Å²) >= 11 is 7.46. The largest absolute Gasteiger partial charge is 0.317 e. The Morgan fingerprint density at radius 1 is 1.29 bits per heavy atom. The summed E-state index contributed by atoms with van der Waals surface area (Å²) in [6.45, 7) is 2.22. The van der Waals surface area contributed by atoms with E-state index in [0.717, 1.165) is 18.1 Å². The van der Waals surface area contributed by atoms with Gasteiger partial charge in [-0.1, -0.05) is 11.6 Å². The molecule has 76 valence electrons. The first kappa shape index (κ1) is 10.2. The summed E-state index contributed by atoms with van der Waals surface area (Å²) < 4.78 is 0. The summed E-state index contributed by atoms with van der Waals surface area (Å²) in [4.78, 5) is 0. The molecule has 2 rings (SSSR count). The molecule has 0 aliphatic carbocycles. The monoisotopic (exact) mass is 229 g/mol. The molecule has 1 saturated heterocycles. The van der Waals surface area contributed by atoms with Gasteiger partial charge in [0.15, 0.2) is 5.15 Å². The van der Waals surface area contributed by atoms with Crippen molar-refractivity contribution < 1.29 is 0 Å². The molecule has 1 aliphatic rings. The fourth-order valence-electron chi connectivity index (χ4n) is 1.45. The summed E-state index contributed by atoms with van der Waals surface area (Å²) in [5, 5.41) is 13.3. The molecule has 5 heteroatoms. The van der Waals surface area contributed by atoms with Crippen molar-refractivity contribution in [3.63, 3.8) is 0 Å². The molecule has 3 nitrogen and oxygen atoms in total. The second kappa shape index (κ2) is 4.96. The zero-order valence-corrected chi connectivity index (χ0v) is 9.31. The van der Waals surface area contributed by atoms with E-state index in [2.05, 4.69) is 15.5 Å². The maximum absolute atomic E-state index is 5.66. The second-order valence-electron chi connectivity index (χ2n) is 3.26. The van der Waals surface area contributed by atoms with Crippen LogP contribution in [0.15, 0.2) is 17.2 Å². The summed E-state index contributed by atoms with van der Waals surface area (Å²) in [5.74, 6) is 0. The highest BCUT2D eigenvalue weighted by atomic mass is 35.5. The highest BCUT2D eigenvalue weighted by Crippen LogP contribution is 2.26. The van der Waals surface area contributed by atoms with Crippen LogP contribution in [0, 0.1) is 0 Å². The molecule has 0 radical (unpaired) electrons. The normalized spacial score (nSPS) is 18.4. The number of hydrogen-bond donors (Lipinski definition) is 1. The SMILES string of the molecule is Clc1ccc(SC2CCNCC2)nn1. The Hall–Kier alpha value is -0.320. The summed E-state index contributed by atoms with van der Waals surface area (Å²) in [6, 6.07) is 3.72. The van der Waals surface area contributed by atoms with E-state index >= 15 is 0 Å². The predicted molar refractivity (Wildman–Crippen MR) is 58.8 cm³/mol. The van der Waals surface area contributed by atoms with Crippen LogP contribution in [0.3, 0.4) is 0 Å². The van der Waals surface area contributed by atoms with Crippen LogP contribution in [0.5, 0.6) is 0 Å². The number of aromatic nitrogens is 2. The molecule has 1 fully saturated rings.